The monoisotopic (exact) mass is 365 g/mol. The Bertz CT molecular complexity index is 508. The molecule has 0 aromatic rings. The molecule has 2 saturated heterocycles. The number of fused-ring (bicyclic) bond motifs is 1. The molecule has 1 amide bonds. The van der Waals surface area contributed by atoms with Gasteiger partial charge in [0.05, 0.1) is 11.0 Å². The Morgan fingerprint density at radius 1 is 1.09 bits per heavy atom. The molecule has 1 N–H and O–H groups in total. The molecule has 2 aliphatic heterocycles. The van der Waals surface area contributed by atoms with E-state index in [0.29, 0.717) is 19.5 Å². The summed E-state index contributed by atoms with van der Waals surface area (Å²) in [7, 11) is -2.92. The van der Waals surface area contributed by atoms with Crippen molar-refractivity contribution in [1.29, 1.82) is 0 Å². The molecule has 0 bridgehead atoms. The second-order valence-corrected chi connectivity index (χ2v) is 9.01. The fourth-order valence-electron chi connectivity index (χ4n) is 4.06. The van der Waals surface area contributed by atoms with Crippen LogP contribution in [0.15, 0.2) is 0 Å². The van der Waals surface area contributed by atoms with Crippen molar-refractivity contribution in [3.05, 3.63) is 0 Å². The summed E-state index contributed by atoms with van der Waals surface area (Å²) in [6.45, 7) is 4.63. The molecule has 3 rings (SSSR count). The lowest BCUT2D eigenvalue weighted by Crippen LogP contribution is -2.56. The minimum Gasteiger partial charge on any atom is -0.340 e. The number of halogens is 1. The Hall–Kier alpha value is -0.370. The highest BCUT2D eigenvalue weighted by atomic mass is 35.5. The fraction of sp³-hybridized carbons (Fsp3) is 0.933. The second-order valence-electron chi connectivity index (χ2n) is 6.67. The van der Waals surface area contributed by atoms with E-state index in [1.807, 2.05) is 4.90 Å². The third kappa shape index (κ3) is 4.38. The fourth-order valence-corrected chi connectivity index (χ4v) is 6.17. The summed E-state index contributed by atoms with van der Waals surface area (Å²) in [4.78, 5) is 16.5. The van der Waals surface area contributed by atoms with E-state index >= 15 is 0 Å². The maximum atomic E-state index is 12.3. The minimum atomic E-state index is -2.92. The SMILES string of the molecule is Cl.O=C(CCN1CCS(=O)(=O)C2CCCCC21)N1CCNCC1. The number of carbonyl (C=O) groups is 1. The number of nitrogens with zero attached hydrogens (tertiary/aromatic N) is 2. The molecule has 2 heterocycles. The van der Waals surface area contributed by atoms with Crippen molar-refractivity contribution in [2.75, 3.05) is 45.0 Å². The van der Waals surface area contributed by atoms with Crippen LogP contribution in [-0.2, 0) is 14.6 Å². The highest BCUT2D eigenvalue weighted by Gasteiger charge is 2.42. The average molecular weight is 366 g/mol. The van der Waals surface area contributed by atoms with E-state index in [1.165, 1.54) is 0 Å². The molecule has 1 aliphatic carbocycles. The van der Waals surface area contributed by atoms with E-state index in [-0.39, 0.29) is 35.4 Å². The van der Waals surface area contributed by atoms with Gasteiger partial charge < -0.3 is 10.2 Å². The number of carbonyl (C=O) groups excluding carboxylic acids is 1. The Morgan fingerprint density at radius 3 is 2.52 bits per heavy atom. The van der Waals surface area contributed by atoms with E-state index in [2.05, 4.69) is 10.2 Å². The van der Waals surface area contributed by atoms with E-state index in [0.717, 1.165) is 51.9 Å². The number of rotatable bonds is 3. The zero-order chi connectivity index (χ0) is 15.6. The lowest BCUT2D eigenvalue weighted by Gasteiger charge is -2.43. The Morgan fingerprint density at radius 2 is 1.78 bits per heavy atom. The van der Waals surface area contributed by atoms with Crippen molar-refractivity contribution in [3.63, 3.8) is 0 Å². The number of amides is 1. The van der Waals surface area contributed by atoms with Gasteiger partial charge in [-0.3, -0.25) is 9.69 Å². The van der Waals surface area contributed by atoms with Crippen LogP contribution in [0.25, 0.3) is 0 Å². The van der Waals surface area contributed by atoms with Gasteiger partial charge >= 0.3 is 0 Å². The number of hydrogen-bond acceptors (Lipinski definition) is 5. The van der Waals surface area contributed by atoms with Crippen LogP contribution in [0.2, 0.25) is 0 Å². The van der Waals surface area contributed by atoms with Crippen LogP contribution >= 0.6 is 12.4 Å². The molecule has 2 unspecified atom stereocenters. The van der Waals surface area contributed by atoms with Gasteiger partial charge in [-0.15, -0.1) is 12.4 Å². The van der Waals surface area contributed by atoms with Crippen molar-refractivity contribution in [3.8, 4) is 0 Å². The molecule has 8 heteroatoms. The van der Waals surface area contributed by atoms with Gasteiger partial charge in [0, 0.05) is 51.7 Å². The zero-order valence-electron chi connectivity index (χ0n) is 13.6. The second kappa shape index (κ2) is 8.14. The summed E-state index contributed by atoms with van der Waals surface area (Å²) < 4.78 is 24.5. The van der Waals surface area contributed by atoms with Gasteiger partial charge in [0.2, 0.25) is 5.91 Å². The molecule has 134 valence electrons. The molecule has 23 heavy (non-hydrogen) atoms. The van der Waals surface area contributed by atoms with Crippen molar-refractivity contribution >= 4 is 28.2 Å². The van der Waals surface area contributed by atoms with Crippen LogP contribution in [0.4, 0.5) is 0 Å². The van der Waals surface area contributed by atoms with Gasteiger partial charge in [0.1, 0.15) is 0 Å². The highest BCUT2D eigenvalue weighted by Crippen LogP contribution is 2.32. The van der Waals surface area contributed by atoms with Crippen LogP contribution < -0.4 is 5.32 Å². The quantitative estimate of drug-likeness (QED) is 0.777. The highest BCUT2D eigenvalue weighted by molar-refractivity contribution is 7.92. The van der Waals surface area contributed by atoms with Crippen LogP contribution in [0.1, 0.15) is 32.1 Å². The third-order valence-electron chi connectivity index (χ3n) is 5.34. The van der Waals surface area contributed by atoms with Crippen LogP contribution in [-0.4, -0.2) is 80.4 Å². The molecule has 2 atom stereocenters. The average Bonchev–Trinajstić information content (AvgIpc) is 2.55. The van der Waals surface area contributed by atoms with Gasteiger partial charge in [-0.25, -0.2) is 8.42 Å². The van der Waals surface area contributed by atoms with E-state index in [4.69, 9.17) is 0 Å². The summed E-state index contributed by atoms with van der Waals surface area (Å²) in [5.74, 6) is 0.470. The molecule has 3 fully saturated rings. The van der Waals surface area contributed by atoms with Crippen LogP contribution in [0, 0.1) is 0 Å². The predicted octanol–water partition coefficient (Wildman–Crippen LogP) is 0.272. The summed E-state index contributed by atoms with van der Waals surface area (Å²) in [5.41, 5.74) is 0. The number of nitrogens with one attached hydrogen (secondary N) is 1. The topological polar surface area (TPSA) is 69.7 Å². The first-order valence-electron chi connectivity index (χ1n) is 8.52. The van der Waals surface area contributed by atoms with Gasteiger partial charge in [-0.2, -0.15) is 0 Å². The van der Waals surface area contributed by atoms with E-state index in [1.54, 1.807) is 0 Å². The van der Waals surface area contributed by atoms with Crippen molar-refractivity contribution < 1.29 is 13.2 Å². The smallest absolute Gasteiger partial charge is 0.223 e. The van der Waals surface area contributed by atoms with E-state index < -0.39 is 9.84 Å². The van der Waals surface area contributed by atoms with Crippen molar-refractivity contribution in [2.45, 2.75) is 43.4 Å². The number of sulfone groups is 1. The molecule has 0 aromatic carbocycles. The molecular formula is C15H28ClN3O3S. The molecule has 0 spiro atoms. The first-order chi connectivity index (χ1) is 10.6. The van der Waals surface area contributed by atoms with Crippen LogP contribution in [0.5, 0.6) is 0 Å². The van der Waals surface area contributed by atoms with E-state index in [9.17, 15) is 13.2 Å². The normalized spacial score (nSPS) is 31.0. The van der Waals surface area contributed by atoms with Gasteiger partial charge in [-0.05, 0) is 12.8 Å². The first-order valence-corrected chi connectivity index (χ1v) is 10.2. The lowest BCUT2D eigenvalue weighted by molar-refractivity contribution is -0.132. The molecular weight excluding hydrogens is 338 g/mol. The van der Waals surface area contributed by atoms with Crippen LogP contribution in [0.3, 0.4) is 0 Å². The van der Waals surface area contributed by atoms with Gasteiger partial charge in [0.25, 0.3) is 0 Å². The summed E-state index contributed by atoms with van der Waals surface area (Å²) in [6.07, 6.45) is 4.41. The number of piperazine rings is 1. The minimum absolute atomic E-state index is 0. The molecule has 1 saturated carbocycles. The van der Waals surface area contributed by atoms with Gasteiger partial charge in [-0.1, -0.05) is 12.8 Å². The molecule has 0 aromatic heterocycles. The van der Waals surface area contributed by atoms with Crippen molar-refractivity contribution in [2.24, 2.45) is 0 Å². The Kier molecular flexibility index (Phi) is 6.71. The molecule has 0 radical (unpaired) electrons. The lowest BCUT2D eigenvalue weighted by atomic mass is 9.93. The van der Waals surface area contributed by atoms with Crippen molar-refractivity contribution in [1.82, 2.24) is 15.1 Å². The molecule has 6 nitrogen and oxygen atoms in total. The standard InChI is InChI=1S/C15H27N3O3S.ClH/c19-15(18-9-6-16-7-10-18)5-8-17-11-12-22(20,21)14-4-2-1-3-13(14)17;/h13-14,16H,1-12H2;1H. The molecule has 3 aliphatic rings. The first kappa shape index (κ1) is 19.0. The summed E-state index contributed by atoms with van der Waals surface area (Å²) in [6, 6.07) is 0.142. The predicted molar refractivity (Wildman–Crippen MR) is 92.7 cm³/mol. The number of hydrogen-bond donors (Lipinski definition) is 1. The summed E-state index contributed by atoms with van der Waals surface area (Å²) in [5, 5.41) is 3.06. The maximum absolute atomic E-state index is 12.3. The summed E-state index contributed by atoms with van der Waals surface area (Å²) >= 11 is 0. The Balaban J connectivity index is 0.00000192. The Labute approximate surface area is 145 Å². The zero-order valence-corrected chi connectivity index (χ0v) is 15.2. The largest absolute Gasteiger partial charge is 0.340 e. The third-order valence-corrected chi connectivity index (χ3v) is 7.57. The maximum Gasteiger partial charge on any atom is 0.223 e. The van der Waals surface area contributed by atoms with Gasteiger partial charge in [0.15, 0.2) is 9.84 Å².